The first-order valence-electron chi connectivity index (χ1n) is 13.4. The number of carbonyl (C=O) groups excluding carboxylic acids is 1. The Morgan fingerprint density at radius 2 is 1.65 bits per heavy atom. The fourth-order valence-corrected chi connectivity index (χ4v) is 4.68. The summed E-state index contributed by atoms with van der Waals surface area (Å²) in [6, 6.07) is 8.55. The van der Waals surface area contributed by atoms with Crippen LogP contribution in [-0.4, -0.2) is 74.6 Å². The second kappa shape index (κ2) is 12.5. The number of aryl methyl sites for hydroxylation is 2. The minimum absolute atomic E-state index is 0.199. The van der Waals surface area contributed by atoms with Crippen molar-refractivity contribution in [3.05, 3.63) is 75.6 Å². The van der Waals surface area contributed by atoms with Crippen LogP contribution < -0.4 is 5.32 Å². The number of carbonyl (C=O) groups is 1. The zero-order valence-electron chi connectivity index (χ0n) is 24.0. The van der Waals surface area contributed by atoms with Crippen molar-refractivity contribution in [1.29, 1.82) is 0 Å². The lowest BCUT2D eigenvalue weighted by atomic mass is 9.86. The van der Waals surface area contributed by atoms with Crippen LogP contribution in [0.5, 0.6) is 0 Å². The maximum Gasteiger partial charge on any atom is 0.229 e. The highest BCUT2D eigenvalue weighted by Crippen LogP contribution is 2.35. The van der Waals surface area contributed by atoms with E-state index in [4.69, 9.17) is 4.74 Å². The van der Waals surface area contributed by atoms with E-state index in [0.717, 1.165) is 16.7 Å². The van der Waals surface area contributed by atoms with Crippen molar-refractivity contribution in [2.24, 2.45) is 5.41 Å². The van der Waals surface area contributed by atoms with Gasteiger partial charge in [0.2, 0.25) is 5.91 Å². The van der Waals surface area contributed by atoms with Crippen LogP contribution in [0.15, 0.2) is 36.4 Å². The Morgan fingerprint density at radius 3 is 2.25 bits per heavy atom. The van der Waals surface area contributed by atoms with Crippen LogP contribution >= 0.6 is 0 Å². The molecule has 220 valence electrons. The molecular formula is C31H42FNO7. The van der Waals surface area contributed by atoms with Crippen LogP contribution in [0.1, 0.15) is 67.2 Å². The van der Waals surface area contributed by atoms with Crippen molar-refractivity contribution in [3.8, 4) is 0 Å². The number of amides is 1. The molecule has 0 aliphatic carbocycles. The molecule has 1 amide bonds. The van der Waals surface area contributed by atoms with Crippen molar-refractivity contribution < 1.29 is 39.5 Å². The van der Waals surface area contributed by atoms with Crippen molar-refractivity contribution in [2.45, 2.75) is 84.0 Å². The molecule has 40 heavy (non-hydrogen) atoms. The number of nitrogens with one attached hydrogen (secondary N) is 1. The number of aliphatic hydroxyl groups is 5. The highest BCUT2D eigenvalue weighted by Gasteiger charge is 2.44. The van der Waals surface area contributed by atoms with Crippen LogP contribution in [0.4, 0.5) is 4.39 Å². The molecule has 0 radical (unpaired) electrons. The topological polar surface area (TPSA) is 139 Å². The predicted molar refractivity (Wildman–Crippen MR) is 150 cm³/mol. The average Bonchev–Trinajstić information content (AvgIpc) is 2.89. The fraction of sp³-hybridized carbons (Fsp3) is 0.516. The molecule has 0 bridgehead atoms. The van der Waals surface area contributed by atoms with E-state index in [9.17, 15) is 30.3 Å². The number of benzene rings is 2. The van der Waals surface area contributed by atoms with Gasteiger partial charge in [0.15, 0.2) is 0 Å². The monoisotopic (exact) mass is 559 g/mol. The normalized spacial score (nSPS) is 23.9. The molecule has 0 spiro atoms. The van der Waals surface area contributed by atoms with E-state index in [0.29, 0.717) is 16.7 Å². The maximum atomic E-state index is 15.2. The van der Waals surface area contributed by atoms with Crippen LogP contribution in [0.2, 0.25) is 0 Å². The van der Waals surface area contributed by atoms with E-state index in [1.807, 2.05) is 19.9 Å². The maximum absolute atomic E-state index is 15.2. The molecule has 2 aromatic rings. The third kappa shape index (κ3) is 7.15. The van der Waals surface area contributed by atoms with E-state index >= 15 is 4.39 Å². The zero-order valence-corrected chi connectivity index (χ0v) is 24.0. The molecule has 1 fully saturated rings. The molecular weight excluding hydrogens is 517 g/mol. The average molecular weight is 560 g/mol. The number of aliphatic hydroxyl groups excluding tert-OH is 5. The van der Waals surface area contributed by atoms with Gasteiger partial charge in [-0.3, -0.25) is 4.79 Å². The van der Waals surface area contributed by atoms with E-state index < -0.39 is 53.9 Å². The lowest BCUT2D eigenvalue weighted by Crippen LogP contribution is -2.55. The summed E-state index contributed by atoms with van der Waals surface area (Å²) in [4.78, 5) is 12.7. The molecule has 8 nitrogen and oxygen atoms in total. The van der Waals surface area contributed by atoms with Crippen LogP contribution in [0.3, 0.4) is 0 Å². The zero-order chi connectivity index (χ0) is 30.0. The smallest absolute Gasteiger partial charge is 0.229 e. The Labute approximate surface area is 235 Å². The molecule has 6 N–H and O–H groups in total. The third-order valence-corrected chi connectivity index (χ3v) is 7.51. The Hall–Kier alpha value is -2.66. The molecule has 5 atom stereocenters. The van der Waals surface area contributed by atoms with Crippen molar-refractivity contribution in [3.63, 3.8) is 0 Å². The molecule has 0 unspecified atom stereocenters. The quantitative estimate of drug-likeness (QED) is 0.277. The Morgan fingerprint density at radius 1 is 0.975 bits per heavy atom. The van der Waals surface area contributed by atoms with E-state index in [-0.39, 0.29) is 18.9 Å². The number of rotatable bonds is 9. The van der Waals surface area contributed by atoms with Gasteiger partial charge < -0.3 is 35.6 Å². The summed E-state index contributed by atoms with van der Waals surface area (Å²) >= 11 is 0. The molecule has 2 aromatic carbocycles. The van der Waals surface area contributed by atoms with Crippen LogP contribution in [-0.2, 0) is 16.0 Å². The first kappa shape index (κ1) is 31.9. The summed E-state index contributed by atoms with van der Waals surface area (Å²) in [6.07, 6.45) is -2.70. The summed E-state index contributed by atoms with van der Waals surface area (Å²) in [5, 5.41) is 52.8. The fourth-order valence-electron chi connectivity index (χ4n) is 4.68. The highest BCUT2D eigenvalue weighted by atomic mass is 19.1. The third-order valence-electron chi connectivity index (χ3n) is 7.51. The van der Waals surface area contributed by atoms with Crippen molar-refractivity contribution >= 4 is 12.0 Å². The second-order valence-corrected chi connectivity index (χ2v) is 12.0. The lowest BCUT2D eigenvalue weighted by Gasteiger charge is -2.40. The molecule has 1 heterocycles. The van der Waals surface area contributed by atoms with E-state index in [1.165, 1.54) is 6.07 Å². The van der Waals surface area contributed by atoms with Gasteiger partial charge in [0, 0.05) is 6.42 Å². The molecule has 1 saturated heterocycles. The SMILES string of the molecule is Cc1cc(C)c([C@@H]2O[C@H](CO)[C@@H](O)[C@H](O)[C@H]2O)cc1Cc1ccc(/C=C/C(C)(C)C(=O)NC(C)(C)CO)cc1F. The Bertz CT molecular complexity index is 1240. The summed E-state index contributed by atoms with van der Waals surface area (Å²) in [5.74, 6) is -0.676. The second-order valence-electron chi connectivity index (χ2n) is 12.0. The molecule has 0 saturated carbocycles. The molecule has 9 heteroatoms. The Balaban J connectivity index is 1.82. The standard InChI is InChI=1S/C31H42FNO7/c1-17-11-18(2)22(28-27(38)26(37)25(36)24(15-34)40-28)14-21(17)13-20-8-7-19(12-23(20)32)9-10-30(3,4)29(39)33-31(5,6)16-35/h7-12,14,24-28,34-38H,13,15-16H2,1-6H3,(H,33,39)/b10-9+/t24-,25-,26+,27-,28+/m1/s1. The van der Waals surface area contributed by atoms with Gasteiger partial charge in [0.05, 0.1) is 24.2 Å². The largest absolute Gasteiger partial charge is 0.394 e. The summed E-state index contributed by atoms with van der Waals surface area (Å²) in [5.41, 5.74) is 2.48. The van der Waals surface area contributed by atoms with Crippen LogP contribution in [0, 0.1) is 25.1 Å². The summed E-state index contributed by atoms with van der Waals surface area (Å²) in [7, 11) is 0. The first-order valence-corrected chi connectivity index (χ1v) is 13.4. The van der Waals surface area contributed by atoms with Gasteiger partial charge in [-0.1, -0.05) is 36.4 Å². The van der Waals surface area contributed by atoms with Crippen molar-refractivity contribution in [1.82, 2.24) is 5.32 Å². The molecule has 0 aromatic heterocycles. The number of ether oxygens (including phenoxy) is 1. The predicted octanol–water partition coefficient (Wildman–Crippen LogP) is 2.47. The van der Waals surface area contributed by atoms with Gasteiger partial charge in [-0.25, -0.2) is 4.39 Å². The number of halogens is 1. The minimum Gasteiger partial charge on any atom is -0.394 e. The molecule has 1 aliphatic rings. The van der Waals surface area contributed by atoms with Gasteiger partial charge >= 0.3 is 0 Å². The first-order chi connectivity index (χ1) is 18.6. The Kier molecular flexibility index (Phi) is 9.93. The summed E-state index contributed by atoms with van der Waals surface area (Å²) in [6.45, 7) is 9.95. The lowest BCUT2D eigenvalue weighted by molar-refractivity contribution is -0.231. The molecule has 3 rings (SSSR count). The van der Waals surface area contributed by atoms with Gasteiger partial charge in [-0.05, 0) is 81.0 Å². The van der Waals surface area contributed by atoms with Gasteiger partial charge in [0.25, 0.3) is 0 Å². The number of hydrogen-bond acceptors (Lipinski definition) is 7. The van der Waals surface area contributed by atoms with Gasteiger partial charge in [-0.15, -0.1) is 0 Å². The number of hydrogen-bond donors (Lipinski definition) is 6. The van der Waals surface area contributed by atoms with Gasteiger partial charge in [0.1, 0.15) is 36.3 Å². The van der Waals surface area contributed by atoms with Gasteiger partial charge in [-0.2, -0.15) is 0 Å². The minimum atomic E-state index is -1.49. The molecule has 1 aliphatic heterocycles. The van der Waals surface area contributed by atoms with Crippen LogP contribution in [0.25, 0.3) is 6.08 Å². The van der Waals surface area contributed by atoms with E-state index in [1.54, 1.807) is 58.0 Å². The van der Waals surface area contributed by atoms with E-state index in [2.05, 4.69) is 5.32 Å². The summed E-state index contributed by atoms with van der Waals surface area (Å²) < 4.78 is 21.0. The highest BCUT2D eigenvalue weighted by molar-refractivity contribution is 5.85. The van der Waals surface area contributed by atoms with Crippen molar-refractivity contribution in [2.75, 3.05) is 13.2 Å².